The van der Waals surface area contributed by atoms with Gasteiger partial charge in [0.2, 0.25) is 11.8 Å². The van der Waals surface area contributed by atoms with E-state index in [0.717, 1.165) is 25.7 Å². The molecule has 0 atom stereocenters. The van der Waals surface area contributed by atoms with Crippen LogP contribution < -0.4 is 15.4 Å². The Balaban J connectivity index is 1.34. The molecule has 0 spiro atoms. The summed E-state index contributed by atoms with van der Waals surface area (Å²) in [6, 6.07) is 4.23. The Kier molecular flexibility index (Phi) is 10.4. The number of ether oxygens (including phenoxy) is 1. The highest BCUT2D eigenvalue weighted by Crippen LogP contribution is 2.38. The molecule has 0 radical (unpaired) electrons. The quantitative estimate of drug-likeness (QED) is 0.198. The van der Waals surface area contributed by atoms with Crippen LogP contribution in [0.4, 0.5) is 22.0 Å². The highest BCUT2D eigenvalue weighted by atomic mass is 35.5. The maximum atomic E-state index is 13.2. The molecule has 2 aliphatic rings. The second-order valence-electron chi connectivity index (χ2n) is 11.5. The predicted octanol–water partition coefficient (Wildman–Crippen LogP) is 7.16. The molecule has 2 saturated carbocycles. The second kappa shape index (κ2) is 14.1. The van der Waals surface area contributed by atoms with Crippen LogP contribution in [0.15, 0.2) is 18.2 Å². The average molecular weight is 677 g/mol. The second-order valence-corrected chi connectivity index (χ2v) is 12.3. The number of fused-ring (bicyclic) bond motifs is 1. The van der Waals surface area contributed by atoms with E-state index in [0.29, 0.717) is 32.5 Å². The van der Waals surface area contributed by atoms with E-state index < -0.39 is 37.1 Å². The third-order valence-electron chi connectivity index (χ3n) is 8.39. The van der Waals surface area contributed by atoms with Gasteiger partial charge in [-0.05, 0) is 61.8 Å². The zero-order chi connectivity index (χ0) is 32.3. The number of carbonyl (C=O) groups excluding carboxylic acids is 2. The third kappa shape index (κ3) is 8.16. The van der Waals surface area contributed by atoms with Crippen molar-refractivity contribution in [2.45, 2.75) is 83.0 Å². The first kappa shape index (κ1) is 33.2. The molecule has 45 heavy (non-hydrogen) atoms. The summed E-state index contributed by atoms with van der Waals surface area (Å²) in [5.74, 6) is -2.16. The topological polar surface area (TPSA) is 109 Å². The number of hydrogen-bond donors (Lipinski definition) is 3. The van der Waals surface area contributed by atoms with Crippen LogP contribution in [0, 0.1) is 11.8 Å². The normalized spacial score (nSPS) is 19.3. The average Bonchev–Trinajstić information content (AvgIpc) is 3.67. The minimum absolute atomic E-state index is 0.00420. The number of amides is 2. The first-order valence-electron chi connectivity index (χ1n) is 14.8. The monoisotopic (exact) mass is 675 g/mol. The zero-order valence-electron chi connectivity index (χ0n) is 24.1. The van der Waals surface area contributed by atoms with Gasteiger partial charge in [0.05, 0.1) is 16.5 Å². The van der Waals surface area contributed by atoms with E-state index in [2.05, 4.69) is 25.6 Å². The number of nitrogens with one attached hydrogen (secondary N) is 3. The van der Waals surface area contributed by atoms with Gasteiger partial charge in [-0.1, -0.05) is 42.1 Å². The van der Waals surface area contributed by atoms with Crippen LogP contribution >= 0.6 is 23.2 Å². The molecular formula is C30H32Cl2F5N5O3. The fraction of sp³-hybridized carbons (Fsp3) is 0.533. The van der Waals surface area contributed by atoms with Gasteiger partial charge in [-0.3, -0.25) is 9.59 Å². The summed E-state index contributed by atoms with van der Waals surface area (Å²) in [6.45, 7) is -0.802. The lowest BCUT2D eigenvalue weighted by Gasteiger charge is -2.30. The Bertz CT molecular complexity index is 1540. The smallest absolute Gasteiger partial charge is 0.391 e. The van der Waals surface area contributed by atoms with Crippen molar-refractivity contribution in [3.05, 3.63) is 50.8 Å². The van der Waals surface area contributed by atoms with Crippen molar-refractivity contribution < 1.29 is 36.3 Å². The molecule has 1 aromatic carbocycles. The summed E-state index contributed by atoms with van der Waals surface area (Å²) in [7, 11) is 0. The first-order valence-corrected chi connectivity index (χ1v) is 15.6. The molecule has 0 saturated heterocycles. The van der Waals surface area contributed by atoms with E-state index in [1.807, 2.05) is 0 Å². The molecule has 0 unspecified atom stereocenters. The van der Waals surface area contributed by atoms with Crippen LogP contribution in [-0.4, -0.2) is 52.0 Å². The number of pyridine rings is 1. The number of halogens is 7. The van der Waals surface area contributed by atoms with Gasteiger partial charge in [0.1, 0.15) is 11.4 Å². The molecule has 3 aromatic rings. The molecule has 2 fully saturated rings. The number of nitrogens with zero attached hydrogens (tertiary/aromatic N) is 2. The SMILES string of the molecule is O=C(NC1CCC(C(F)(F)F)CC1)c1cc2[nH]c(Cc3c(Cl)ccc(CNC(=O)C4CCCC4)c3Cl)nc2nc1OCC(F)F. The van der Waals surface area contributed by atoms with Gasteiger partial charge in [0, 0.05) is 29.9 Å². The van der Waals surface area contributed by atoms with Crippen molar-refractivity contribution in [2.75, 3.05) is 6.61 Å². The van der Waals surface area contributed by atoms with Gasteiger partial charge in [-0.15, -0.1) is 0 Å². The highest BCUT2D eigenvalue weighted by Gasteiger charge is 2.41. The van der Waals surface area contributed by atoms with E-state index in [1.165, 1.54) is 6.07 Å². The third-order valence-corrected chi connectivity index (χ3v) is 9.22. The molecule has 2 aromatic heterocycles. The number of rotatable bonds is 10. The van der Waals surface area contributed by atoms with Crippen LogP contribution in [0.3, 0.4) is 0 Å². The summed E-state index contributed by atoms with van der Waals surface area (Å²) in [5, 5.41) is 6.34. The number of aromatic nitrogens is 3. The van der Waals surface area contributed by atoms with E-state index in [4.69, 9.17) is 27.9 Å². The van der Waals surface area contributed by atoms with E-state index in [1.54, 1.807) is 12.1 Å². The molecule has 244 valence electrons. The largest absolute Gasteiger partial charge is 0.471 e. The fourth-order valence-electron chi connectivity index (χ4n) is 5.93. The summed E-state index contributed by atoms with van der Waals surface area (Å²) in [4.78, 5) is 37.3. The number of H-pyrrole nitrogens is 1. The Labute approximate surface area is 265 Å². The van der Waals surface area contributed by atoms with Gasteiger partial charge >= 0.3 is 6.18 Å². The number of alkyl halides is 5. The van der Waals surface area contributed by atoms with Crippen LogP contribution in [0.1, 0.15) is 78.7 Å². The first-order chi connectivity index (χ1) is 21.4. The Hall–Kier alpha value is -3.19. The molecule has 2 heterocycles. The number of aromatic amines is 1. The van der Waals surface area contributed by atoms with E-state index in [-0.39, 0.29) is 67.6 Å². The van der Waals surface area contributed by atoms with Crippen molar-refractivity contribution in [1.82, 2.24) is 25.6 Å². The molecule has 0 bridgehead atoms. The maximum absolute atomic E-state index is 13.2. The lowest BCUT2D eigenvalue weighted by atomic mass is 9.85. The van der Waals surface area contributed by atoms with Gasteiger partial charge in [-0.25, -0.2) is 13.8 Å². The van der Waals surface area contributed by atoms with Crippen LogP contribution in [0.25, 0.3) is 11.2 Å². The minimum Gasteiger partial charge on any atom is -0.471 e. The number of imidazole rings is 1. The maximum Gasteiger partial charge on any atom is 0.391 e. The lowest BCUT2D eigenvalue weighted by molar-refractivity contribution is -0.182. The van der Waals surface area contributed by atoms with E-state index >= 15 is 0 Å². The Morgan fingerprint density at radius 2 is 1.76 bits per heavy atom. The Morgan fingerprint density at radius 3 is 2.42 bits per heavy atom. The predicted molar refractivity (Wildman–Crippen MR) is 158 cm³/mol. The van der Waals surface area contributed by atoms with Gasteiger partial charge in [0.25, 0.3) is 12.3 Å². The lowest BCUT2D eigenvalue weighted by Crippen LogP contribution is -2.40. The van der Waals surface area contributed by atoms with E-state index in [9.17, 15) is 31.5 Å². The fourth-order valence-corrected chi connectivity index (χ4v) is 6.50. The molecule has 2 aliphatic carbocycles. The highest BCUT2D eigenvalue weighted by molar-refractivity contribution is 6.36. The standard InChI is InChI=1S/C30H32Cl2F5N5O3/c31-21-10-5-16(13-38-27(43)15-3-1-2-4-15)25(32)19(21)12-24-40-22-11-20(29(42-26(22)41-24)45-14-23(33)34)28(44)39-18-8-6-17(7-9-18)30(35,36)37/h5,10-11,15,17-18,23H,1-4,6-9,12-14H2,(H,38,43)(H,39,44)(H,40,41,42). The van der Waals surface area contributed by atoms with Crippen molar-refractivity contribution in [2.24, 2.45) is 11.8 Å². The summed E-state index contributed by atoms with van der Waals surface area (Å²) >= 11 is 13.2. The van der Waals surface area contributed by atoms with Crippen LogP contribution in [-0.2, 0) is 17.8 Å². The van der Waals surface area contributed by atoms with Crippen LogP contribution in [0.5, 0.6) is 5.88 Å². The minimum atomic E-state index is -4.29. The summed E-state index contributed by atoms with van der Waals surface area (Å²) < 4.78 is 70.3. The van der Waals surface area contributed by atoms with Crippen molar-refractivity contribution in [3.63, 3.8) is 0 Å². The molecule has 8 nitrogen and oxygen atoms in total. The van der Waals surface area contributed by atoms with Crippen molar-refractivity contribution in [1.29, 1.82) is 0 Å². The Morgan fingerprint density at radius 1 is 1.04 bits per heavy atom. The molecule has 2 amide bonds. The molecular weight excluding hydrogens is 644 g/mol. The van der Waals surface area contributed by atoms with Crippen LogP contribution in [0.2, 0.25) is 10.0 Å². The number of hydrogen-bond acceptors (Lipinski definition) is 5. The van der Waals surface area contributed by atoms with Gasteiger partial charge < -0.3 is 20.4 Å². The zero-order valence-corrected chi connectivity index (χ0v) is 25.6. The van der Waals surface area contributed by atoms with Crippen molar-refractivity contribution in [3.8, 4) is 5.88 Å². The molecule has 0 aliphatic heterocycles. The number of benzene rings is 1. The molecule has 5 rings (SSSR count). The summed E-state index contributed by atoms with van der Waals surface area (Å²) in [6.07, 6.45) is -3.20. The molecule has 15 heteroatoms. The van der Waals surface area contributed by atoms with Gasteiger partial charge in [0.15, 0.2) is 12.3 Å². The summed E-state index contributed by atoms with van der Waals surface area (Å²) in [5.41, 5.74) is 1.43. The van der Waals surface area contributed by atoms with Gasteiger partial charge in [-0.2, -0.15) is 18.2 Å². The van der Waals surface area contributed by atoms with Crippen molar-refractivity contribution >= 4 is 46.2 Å². The number of carbonyl (C=O) groups is 2. The molecule has 3 N–H and O–H groups in total.